The summed E-state index contributed by atoms with van der Waals surface area (Å²) in [5, 5.41) is 5.38. The molecule has 1 aliphatic heterocycles. The Morgan fingerprint density at radius 3 is 2.78 bits per heavy atom. The second-order valence-electron chi connectivity index (χ2n) is 9.44. The van der Waals surface area contributed by atoms with Crippen molar-refractivity contribution < 1.29 is 9.59 Å². The number of rotatable bonds is 5. The molecule has 0 radical (unpaired) electrons. The molecule has 0 saturated heterocycles. The summed E-state index contributed by atoms with van der Waals surface area (Å²) in [4.78, 5) is 28.9. The van der Waals surface area contributed by atoms with E-state index >= 15 is 0 Å². The molecule has 0 bridgehead atoms. The number of benzene rings is 1. The van der Waals surface area contributed by atoms with Crippen molar-refractivity contribution in [3.8, 4) is 0 Å². The Bertz CT molecular complexity index is 1120. The van der Waals surface area contributed by atoms with Crippen LogP contribution in [0.1, 0.15) is 49.2 Å². The lowest BCUT2D eigenvalue weighted by atomic mass is 9.78. The molecule has 2 aromatic heterocycles. The second kappa shape index (κ2) is 8.74. The predicted octanol–water partition coefficient (Wildman–Crippen LogP) is 4.71. The number of amides is 2. The van der Waals surface area contributed by atoms with Gasteiger partial charge in [-0.25, -0.2) is 0 Å². The molecular formula is C26H31N3O2S. The Morgan fingerprint density at radius 2 is 1.97 bits per heavy atom. The Labute approximate surface area is 193 Å². The van der Waals surface area contributed by atoms with Crippen LogP contribution in [0.2, 0.25) is 0 Å². The van der Waals surface area contributed by atoms with Gasteiger partial charge >= 0.3 is 0 Å². The van der Waals surface area contributed by atoms with Gasteiger partial charge in [0, 0.05) is 12.6 Å². The maximum atomic E-state index is 13.6. The maximum absolute atomic E-state index is 13.6. The van der Waals surface area contributed by atoms with Gasteiger partial charge < -0.3 is 14.8 Å². The Balaban J connectivity index is 1.42. The van der Waals surface area contributed by atoms with Crippen molar-refractivity contribution in [2.75, 3.05) is 6.54 Å². The highest BCUT2D eigenvalue weighted by Crippen LogP contribution is 2.32. The first kappa shape index (κ1) is 21.3. The van der Waals surface area contributed by atoms with Crippen molar-refractivity contribution in [2.45, 2.75) is 58.2 Å². The van der Waals surface area contributed by atoms with Gasteiger partial charge in [-0.1, -0.05) is 57.0 Å². The Kier molecular flexibility index (Phi) is 5.80. The first-order valence-corrected chi connectivity index (χ1v) is 12.6. The SMILES string of the molecule is CC1CCCC(NC(=O)C2Cn3c(cc4sccc43)C(=O)N2CCc2ccccc2)C1C. The summed E-state index contributed by atoms with van der Waals surface area (Å²) in [6, 6.07) is 13.9. The van der Waals surface area contributed by atoms with Crippen LogP contribution in [0.5, 0.6) is 0 Å². The summed E-state index contributed by atoms with van der Waals surface area (Å²) >= 11 is 1.64. The van der Waals surface area contributed by atoms with Crippen molar-refractivity contribution in [3.05, 3.63) is 59.1 Å². The molecule has 1 saturated carbocycles. The monoisotopic (exact) mass is 449 g/mol. The summed E-state index contributed by atoms with van der Waals surface area (Å²) in [7, 11) is 0. The number of carbonyl (C=O) groups excluding carboxylic acids is 2. The lowest BCUT2D eigenvalue weighted by molar-refractivity contribution is -0.128. The fourth-order valence-corrected chi connectivity index (χ4v) is 6.17. The molecule has 5 nitrogen and oxygen atoms in total. The van der Waals surface area contributed by atoms with Gasteiger partial charge in [0.15, 0.2) is 0 Å². The van der Waals surface area contributed by atoms with E-state index in [4.69, 9.17) is 0 Å². The fourth-order valence-electron chi connectivity index (χ4n) is 5.35. The maximum Gasteiger partial charge on any atom is 0.271 e. The van der Waals surface area contributed by atoms with Crippen LogP contribution < -0.4 is 5.32 Å². The van der Waals surface area contributed by atoms with Gasteiger partial charge in [0.05, 0.1) is 16.8 Å². The number of thiophene rings is 1. The average Bonchev–Trinajstić information content (AvgIpc) is 3.39. The average molecular weight is 450 g/mol. The first-order valence-electron chi connectivity index (χ1n) is 11.7. The van der Waals surface area contributed by atoms with Gasteiger partial charge in [-0.15, -0.1) is 11.3 Å². The molecule has 1 N–H and O–H groups in total. The molecule has 5 rings (SSSR count). The van der Waals surface area contributed by atoms with Crippen molar-refractivity contribution in [1.82, 2.24) is 14.8 Å². The Morgan fingerprint density at radius 1 is 1.16 bits per heavy atom. The van der Waals surface area contributed by atoms with E-state index in [2.05, 4.69) is 37.4 Å². The van der Waals surface area contributed by atoms with E-state index in [0.717, 1.165) is 29.5 Å². The van der Waals surface area contributed by atoms with Crippen molar-refractivity contribution in [3.63, 3.8) is 0 Å². The molecule has 2 amide bonds. The smallest absolute Gasteiger partial charge is 0.271 e. The molecule has 32 heavy (non-hydrogen) atoms. The summed E-state index contributed by atoms with van der Waals surface area (Å²) in [6.45, 7) is 5.57. The molecule has 0 spiro atoms. The van der Waals surface area contributed by atoms with Gasteiger partial charge in [0.25, 0.3) is 5.91 Å². The molecule has 1 aliphatic carbocycles. The van der Waals surface area contributed by atoms with E-state index in [1.54, 1.807) is 16.2 Å². The number of nitrogens with zero attached hydrogens (tertiary/aromatic N) is 2. The topological polar surface area (TPSA) is 54.3 Å². The third-order valence-electron chi connectivity index (χ3n) is 7.56. The zero-order chi connectivity index (χ0) is 22.2. The van der Waals surface area contributed by atoms with Crippen molar-refractivity contribution >= 4 is 33.4 Å². The van der Waals surface area contributed by atoms with Crippen LogP contribution in [0.4, 0.5) is 0 Å². The van der Waals surface area contributed by atoms with E-state index in [1.807, 2.05) is 34.2 Å². The van der Waals surface area contributed by atoms with E-state index in [0.29, 0.717) is 30.6 Å². The molecule has 3 heterocycles. The highest BCUT2D eigenvalue weighted by atomic mass is 32.1. The van der Waals surface area contributed by atoms with Crippen LogP contribution in [-0.2, 0) is 17.8 Å². The third-order valence-corrected chi connectivity index (χ3v) is 8.41. The summed E-state index contributed by atoms with van der Waals surface area (Å²) < 4.78 is 3.15. The largest absolute Gasteiger partial charge is 0.351 e. The third kappa shape index (κ3) is 3.85. The zero-order valence-corrected chi connectivity index (χ0v) is 19.6. The van der Waals surface area contributed by atoms with Crippen LogP contribution in [0.15, 0.2) is 47.8 Å². The molecule has 1 fully saturated rings. The number of nitrogens with one attached hydrogen (secondary N) is 1. The van der Waals surface area contributed by atoms with Crippen LogP contribution in [0.25, 0.3) is 10.2 Å². The molecule has 4 unspecified atom stereocenters. The van der Waals surface area contributed by atoms with Gasteiger partial charge in [0.1, 0.15) is 11.7 Å². The van der Waals surface area contributed by atoms with Crippen molar-refractivity contribution in [1.29, 1.82) is 0 Å². The van der Waals surface area contributed by atoms with Gasteiger partial charge in [-0.05, 0) is 47.8 Å². The zero-order valence-electron chi connectivity index (χ0n) is 18.8. The Hall–Kier alpha value is -2.60. The molecule has 4 atom stereocenters. The molecule has 1 aromatic carbocycles. The molecule has 3 aromatic rings. The van der Waals surface area contributed by atoms with E-state index < -0.39 is 6.04 Å². The molecule has 6 heteroatoms. The van der Waals surface area contributed by atoms with Crippen molar-refractivity contribution in [2.24, 2.45) is 11.8 Å². The number of carbonyl (C=O) groups is 2. The summed E-state index contributed by atoms with van der Waals surface area (Å²) in [6.07, 6.45) is 4.13. The summed E-state index contributed by atoms with van der Waals surface area (Å²) in [5.74, 6) is 1.01. The number of fused-ring (bicyclic) bond motifs is 3. The van der Waals surface area contributed by atoms with Gasteiger partial charge in [-0.2, -0.15) is 0 Å². The lowest BCUT2D eigenvalue weighted by Gasteiger charge is -2.39. The molecular weight excluding hydrogens is 418 g/mol. The minimum Gasteiger partial charge on any atom is -0.351 e. The highest BCUT2D eigenvalue weighted by molar-refractivity contribution is 7.17. The predicted molar refractivity (Wildman–Crippen MR) is 129 cm³/mol. The number of hydrogen-bond donors (Lipinski definition) is 1. The number of hydrogen-bond acceptors (Lipinski definition) is 3. The standard InChI is InChI=1S/C26H31N3O2S/c1-17-7-6-10-20(18(17)2)27-25(30)23-16-29-21-12-14-32-24(21)15-22(29)26(31)28(23)13-11-19-8-4-3-5-9-19/h3-5,8-9,12,14-15,17-18,20,23H,6-7,10-11,13,16H2,1-2H3,(H,27,30). The van der Waals surface area contributed by atoms with Gasteiger partial charge in [-0.3, -0.25) is 9.59 Å². The minimum atomic E-state index is -0.487. The lowest BCUT2D eigenvalue weighted by Crippen LogP contribution is -2.58. The molecule has 168 valence electrons. The van der Waals surface area contributed by atoms with Crippen LogP contribution >= 0.6 is 11.3 Å². The second-order valence-corrected chi connectivity index (χ2v) is 10.4. The quantitative estimate of drug-likeness (QED) is 0.613. The normalized spacial score (nSPS) is 25.7. The van der Waals surface area contributed by atoms with Crippen LogP contribution in [0, 0.1) is 11.8 Å². The van der Waals surface area contributed by atoms with Crippen LogP contribution in [-0.4, -0.2) is 39.9 Å². The first-order chi connectivity index (χ1) is 15.5. The fraction of sp³-hybridized carbons (Fsp3) is 0.462. The van der Waals surface area contributed by atoms with E-state index in [9.17, 15) is 9.59 Å². The summed E-state index contributed by atoms with van der Waals surface area (Å²) in [5.41, 5.74) is 2.93. The minimum absolute atomic E-state index is 0.0138. The molecule has 2 aliphatic rings. The van der Waals surface area contributed by atoms with Gasteiger partial charge in [0.2, 0.25) is 5.91 Å². The van der Waals surface area contributed by atoms with E-state index in [-0.39, 0.29) is 17.9 Å². The number of aromatic nitrogens is 1. The highest BCUT2D eigenvalue weighted by Gasteiger charge is 2.39. The van der Waals surface area contributed by atoms with Crippen LogP contribution in [0.3, 0.4) is 0 Å². The van der Waals surface area contributed by atoms with E-state index in [1.165, 1.54) is 12.0 Å².